The third kappa shape index (κ3) is 1.61. The third-order valence-electron chi connectivity index (χ3n) is 3.73. The smallest absolute Gasteiger partial charge is 0.227 e. The standard InChI is InChI=1S/C14H17N3O/c1-16-6-5-11-12(16)3-2-4-13(11)17-9-10(8-15)7-14(17)18/h2-6,10H,7-9,15H2,1H3. The van der Waals surface area contributed by atoms with E-state index in [1.807, 2.05) is 30.3 Å². The van der Waals surface area contributed by atoms with Gasteiger partial charge in [-0.25, -0.2) is 0 Å². The SMILES string of the molecule is Cn1ccc2c(N3CC(CN)CC3=O)cccc21. The molecule has 1 fully saturated rings. The van der Waals surface area contributed by atoms with Crippen LogP contribution in [0.4, 0.5) is 5.69 Å². The summed E-state index contributed by atoms with van der Waals surface area (Å²) in [5, 5.41) is 1.13. The van der Waals surface area contributed by atoms with Gasteiger partial charge < -0.3 is 15.2 Å². The second kappa shape index (κ2) is 4.14. The van der Waals surface area contributed by atoms with Crippen molar-refractivity contribution in [2.45, 2.75) is 6.42 Å². The first-order valence-corrected chi connectivity index (χ1v) is 6.25. The molecule has 4 nitrogen and oxygen atoms in total. The van der Waals surface area contributed by atoms with Crippen LogP contribution in [0, 0.1) is 5.92 Å². The van der Waals surface area contributed by atoms with Crippen molar-refractivity contribution in [2.24, 2.45) is 18.7 Å². The first-order valence-electron chi connectivity index (χ1n) is 6.25. The molecule has 2 N–H and O–H groups in total. The molecule has 1 saturated heterocycles. The Balaban J connectivity index is 2.07. The molecule has 0 spiro atoms. The number of nitrogens with two attached hydrogens (primary N) is 1. The predicted molar refractivity (Wildman–Crippen MR) is 72.4 cm³/mol. The number of benzene rings is 1. The van der Waals surface area contributed by atoms with E-state index in [4.69, 9.17) is 5.73 Å². The second-order valence-corrected chi connectivity index (χ2v) is 4.95. The molecule has 2 heterocycles. The first-order chi connectivity index (χ1) is 8.70. The van der Waals surface area contributed by atoms with E-state index in [1.54, 1.807) is 0 Å². The number of hydrogen-bond donors (Lipinski definition) is 1. The summed E-state index contributed by atoms with van der Waals surface area (Å²) in [4.78, 5) is 13.9. The van der Waals surface area contributed by atoms with Gasteiger partial charge in [0.15, 0.2) is 0 Å². The second-order valence-electron chi connectivity index (χ2n) is 4.95. The Hall–Kier alpha value is -1.81. The summed E-state index contributed by atoms with van der Waals surface area (Å²) in [5.74, 6) is 0.471. The molecule has 1 amide bonds. The van der Waals surface area contributed by atoms with Crippen LogP contribution in [0.25, 0.3) is 10.9 Å². The quantitative estimate of drug-likeness (QED) is 0.868. The Labute approximate surface area is 106 Å². The number of aryl methyl sites for hydroxylation is 1. The maximum absolute atomic E-state index is 12.1. The van der Waals surface area contributed by atoms with Crippen LogP contribution in [-0.2, 0) is 11.8 Å². The molecule has 94 valence electrons. The number of nitrogens with zero attached hydrogens (tertiary/aromatic N) is 2. The van der Waals surface area contributed by atoms with Gasteiger partial charge >= 0.3 is 0 Å². The van der Waals surface area contributed by atoms with Crippen LogP contribution >= 0.6 is 0 Å². The fourth-order valence-corrected chi connectivity index (χ4v) is 2.69. The highest BCUT2D eigenvalue weighted by Gasteiger charge is 2.30. The van der Waals surface area contributed by atoms with Gasteiger partial charge in [-0.1, -0.05) is 6.07 Å². The van der Waals surface area contributed by atoms with Gasteiger partial charge in [-0.15, -0.1) is 0 Å². The lowest BCUT2D eigenvalue weighted by molar-refractivity contribution is -0.117. The van der Waals surface area contributed by atoms with E-state index >= 15 is 0 Å². The number of hydrogen-bond acceptors (Lipinski definition) is 2. The zero-order valence-corrected chi connectivity index (χ0v) is 10.5. The van der Waals surface area contributed by atoms with Crippen LogP contribution in [0.1, 0.15) is 6.42 Å². The lowest BCUT2D eigenvalue weighted by Crippen LogP contribution is -2.25. The van der Waals surface area contributed by atoms with Gasteiger partial charge in [0.1, 0.15) is 0 Å². The van der Waals surface area contributed by atoms with Gasteiger partial charge in [0.2, 0.25) is 5.91 Å². The zero-order valence-electron chi connectivity index (χ0n) is 10.5. The third-order valence-corrected chi connectivity index (χ3v) is 3.73. The first kappa shape index (κ1) is 11.3. The highest BCUT2D eigenvalue weighted by atomic mass is 16.2. The maximum Gasteiger partial charge on any atom is 0.227 e. The van der Waals surface area contributed by atoms with Crippen molar-refractivity contribution in [3.8, 4) is 0 Å². The van der Waals surface area contributed by atoms with Crippen LogP contribution in [0.2, 0.25) is 0 Å². The number of aromatic nitrogens is 1. The molecule has 1 aromatic heterocycles. The highest BCUT2D eigenvalue weighted by Crippen LogP contribution is 2.31. The average molecular weight is 243 g/mol. The minimum atomic E-state index is 0.182. The average Bonchev–Trinajstić information content (AvgIpc) is 2.93. The lowest BCUT2D eigenvalue weighted by atomic mass is 10.1. The molecule has 1 aromatic carbocycles. The van der Waals surface area contributed by atoms with Gasteiger partial charge in [0, 0.05) is 37.1 Å². The molecule has 0 aliphatic carbocycles. The van der Waals surface area contributed by atoms with Crippen molar-refractivity contribution in [3.05, 3.63) is 30.5 Å². The molecule has 3 rings (SSSR count). The van der Waals surface area contributed by atoms with Crippen LogP contribution in [0.15, 0.2) is 30.5 Å². The summed E-state index contributed by atoms with van der Waals surface area (Å²) in [6, 6.07) is 8.15. The molecule has 2 aromatic rings. The molecular formula is C14H17N3O. The Morgan fingerprint density at radius 3 is 2.94 bits per heavy atom. The molecule has 0 saturated carbocycles. The van der Waals surface area contributed by atoms with Crippen LogP contribution in [0.3, 0.4) is 0 Å². The summed E-state index contributed by atoms with van der Waals surface area (Å²) in [6.45, 7) is 1.32. The van der Waals surface area contributed by atoms with Crippen molar-refractivity contribution in [3.63, 3.8) is 0 Å². The Bertz CT molecular complexity index is 602. The summed E-state index contributed by atoms with van der Waals surface area (Å²) in [5.41, 5.74) is 7.83. The van der Waals surface area contributed by atoms with Gasteiger partial charge in [-0.2, -0.15) is 0 Å². The molecule has 1 aliphatic heterocycles. The van der Waals surface area contributed by atoms with E-state index in [1.165, 1.54) is 0 Å². The zero-order chi connectivity index (χ0) is 12.7. The maximum atomic E-state index is 12.1. The Morgan fingerprint density at radius 1 is 1.39 bits per heavy atom. The fourth-order valence-electron chi connectivity index (χ4n) is 2.69. The Kier molecular flexibility index (Phi) is 2.59. The number of amides is 1. The van der Waals surface area contributed by atoms with E-state index in [0.29, 0.717) is 13.0 Å². The summed E-state index contributed by atoms with van der Waals surface area (Å²) in [7, 11) is 2.01. The molecule has 1 aliphatic rings. The Morgan fingerprint density at radius 2 is 2.22 bits per heavy atom. The minimum Gasteiger partial charge on any atom is -0.350 e. The van der Waals surface area contributed by atoms with Crippen molar-refractivity contribution >= 4 is 22.5 Å². The summed E-state index contributed by atoms with van der Waals surface area (Å²) < 4.78 is 2.07. The van der Waals surface area contributed by atoms with E-state index in [9.17, 15) is 4.79 Å². The number of anilines is 1. The van der Waals surface area contributed by atoms with E-state index in [0.717, 1.165) is 23.1 Å². The number of fused-ring (bicyclic) bond motifs is 1. The molecular weight excluding hydrogens is 226 g/mol. The van der Waals surface area contributed by atoms with E-state index in [2.05, 4.69) is 16.7 Å². The van der Waals surface area contributed by atoms with Crippen LogP contribution in [0.5, 0.6) is 0 Å². The van der Waals surface area contributed by atoms with Gasteiger partial charge in [-0.05, 0) is 30.7 Å². The molecule has 4 heteroatoms. The molecule has 0 radical (unpaired) electrons. The fraction of sp³-hybridized carbons (Fsp3) is 0.357. The normalized spacial score (nSPS) is 20.0. The monoisotopic (exact) mass is 243 g/mol. The van der Waals surface area contributed by atoms with Crippen molar-refractivity contribution in [1.29, 1.82) is 0 Å². The van der Waals surface area contributed by atoms with Crippen LogP contribution in [-0.4, -0.2) is 23.6 Å². The van der Waals surface area contributed by atoms with Crippen molar-refractivity contribution < 1.29 is 4.79 Å². The number of carbonyl (C=O) groups excluding carboxylic acids is 1. The molecule has 1 unspecified atom stereocenters. The molecule has 0 bridgehead atoms. The largest absolute Gasteiger partial charge is 0.350 e. The van der Waals surface area contributed by atoms with E-state index in [-0.39, 0.29) is 11.8 Å². The van der Waals surface area contributed by atoms with Crippen molar-refractivity contribution in [2.75, 3.05) is 18.0 Å². The number of carbonyl (C=O) groups is 1. The minimum absolute atomic E-state index is 0.182. The molecule has 1 atom stereocenters. The summed E-state index contributed by atoms with van der Waals surface area (Å²) >= 11 is 0. The van der Waals surface area contributed by atoms with Gasteiger partial charge in [0.05, 0.1) is 5.69 Å². The predicted octanol–water partition coefficient (Wildman–Crippen LogP) is 1.49. The van der Waals surface area contributed by atoms with Gasteiger partial charge in [0.25, 0.3) is 0 Å². The van der Waals surface area contributed by atoms with Crippen molar-refractivity contribution in [1.82, 2.24) is 4.57 Å². The number of rotatable bonds is 2. The topological polar surface area (TPSA) is 51.3 Å². The van der Waals surface area contributed by atoms with Gasteiger partial charge in [-0.3, -0.25) is 4.79 Å². The lowest BCUT2D eigenvalue weighted by Gasteiger charge is -2.17. The summed E-state index contributed by atoms with van der Waals surface area (Å²) in [6.07, 6.45) is 2.59. The highest BCUT2D eigenvalue weighted by molar-refractivity contribution is 6.04. The van der Waals surface area contributed by atoms with E-state index < -0.39 is 0 Å². The molecule has 18 heavy (non-hydrogen) atoms. The van der Waals surface area contributed by atoms with Crippen LogP contribution < -0.4 is 10.6 Å².